The predicted molar refractivity (Wildman–Crippen MR) is 101 cm³/mol. The minimum Gasteiger partial charge on any atom is -0.366 e. The molecule has 1 aliphatic rings. The molecule has 0 aliphatic heterocycles. The lowest BCUT2D eigenvalue weighted by Crippen LogP contribution is -2.42. The van der Waals surface area contributed by atoms with Gasteiger partial charge >= 0.3 is 0 Å². The molecule has 3 rings (SSSR count). The first kappa shape index (κ1) is 17.2. The maximum absolute atomic E-state index is 11.7. The van der Waals surface area contributed by atoms with Crippen molar-refractivity contribution in [3.8, 4) is 0 Å². The Hall–Kier alpha value is -2.60. The third-order valence-corrected chi connectivity index (χ3v) is 4.62. The van der Waals surface area contributed by atoms with Crippen LogP contribution in [0.2, 0.25) is 0 Å². The molecule has 0 unspecified atom stereocenters. The third kappa shape index (κ3) is 4.28. The van der Waals surface area contributed by atoms with E-state index in [1.165, 1.54) is 19.0 Å². The van der Waals surface area contributed by atoms with Gasteiger partial charge in [-0.3, -0.25) is 4.79 Å². The Morgan fingerprint density at radius 1 is 1.24 bits per heavy atom. The first-order valence-corrected chi connectivity index (χ1v) is 8.68. The number of nitrogens with one attached hydrogen (secondary N) is 2. The van der Waals surface area contributed by atoms with Crippen molar-refractivity contribution in [1.29, 1.82) is 0 Å². The van der Waals surface area contributed by atoms with Crippen LogP contribution in [0.3, 0.4) is 0 Å². The van der Waals surface area contributed by atoms with Crippen molar-refractivity contribution < 1.29 is 4.79 Å². The van der Waals surface area contributed by atoms with Gasteiger partial charge in [0.05, 0.1) is 11.3 Å². The Labute approximate surface area is 148 Å². The summed E-state index contributed by atoms with van der Waals surface area (Å²) in [5.74, 6) is 0.186. The second-order valence-electron chi connectivity index (χ2n) is 6.67. The van der Waals surface area contributed by atoms with Crippen LogP contribution >= 0.6 is 0 Å². The molecule has 25 heavy (non-hydrogen) atoms. The number of hydrogen-bond acceptors (Lipinski definition) is 5. The second kappa shape index (κ2) is 7.53. The van der Waals surface area contributed by atoms with Gasteiger partial charge in [-0.2, -0.15) is 0 Å². The molecule has 0 saturated heterocycles. The Morgan fingerprint density at radius 3 is 2.76 bits per heavy atom. The molecule has 6 nitrogen and oxygen atoms in total. The van der Waals surface area contributed by atoms with Crippen molar-refractivity contribution in [2.24, 2.45) is 11.5 Å². The molecule has 6 heteroatoms. The summed E-state index contributed by atoms with van der Waals surface area (Å²) < 4.78 is 0. The van der Waals surface area contributed by atoms with Crippen LogP contribution in [0.25, 0.3) is 0 Å². The van der Waals surface area contributed by atoms with E-state index in [0.29, 0.717) is 17.1 Å². The zero-order valence-corrected chi connectivity index (χ0v) is 14.5. The van der Waals surface area contributed by atoms with Gasteiger partial charge in [0, 0.05) is 30.0 Å². The van der Waals surface area contributed by atoms with Crippen molar-refractivity contribution in [1.82, 2.24) is 4.98 Å². The number of amides is 1. The van der Waals surface area contributed by atoms with Gasteiger partial charge in [0.25, 0.3) is 5.91 Å². The smallest absolute Gasteiger partial charge is 0.252 e. The standard InChI is InChI=1S/C19H25N5O/c1-12-5-4-6-13(9-12)23-17-10-18(22-11-14(17)19(21)25)24-16-8-3-2-7-15(16)20/h4-6,9-11,15-16H,2-3,7-8,20H2,1H3,(H2,21,25)(H2,22,23,24)/t15-,16+/m0/s1. The number of benzene rings is 1. The molecule has 1 aromatic heterocycles. The molecule has 1 heterocycles. The van der Waals surface area contributed by atoms with Crippen molar-refractivity contribution in [3.05, 3.63) is 47.7 Å². The average Bonchev–Trinajstić information content (AvgIpc) is 2.57. The van der Waals surface area contributed by atoms with Gasteiger partial charge in [0.2, 0.25) is 0 Å². The Morgan fingerprint density at radius 2 is 2.04 bits per heavy atom. The molecule has 6 N–H and O–H groups in total. The fourth-order valence-corrected chi connectivity index (χ4v) is 3.24. The summed E-state index contributed by atoms with van der Waals surface area (Å²) in [6, 6.07) is 10.1. The minimum atomic E-state index is -0.511. The van der Waals surface area contributed by atoms with Crippen LogP contribution in [0, 0.1) is 6.92 Å². The van der Waals surface area contributed by atoms with Gasteiger partial charge in [0.15, 0.2) is 0 Å². The van der Waals surface area contributed by atoms with Crippen LogP contribution < -0.4 is 22.1 Å². The zero-order valence-electron chi connectivity index (χ0n) is 14.5. The van der Waals surface area contributed by atoms with Crippen LogP contribution in [0.15, 0.2) is 36.5 Å². The molecule has 1 aromatic carbocycles. The van der Waals surface area contributed by atoms with Crippen LogP contribution in [0.5, 0.6) is 0 Å². The lowest BCUT2D eigenvalue weighted by atomic mass is 9.91. The summed E-state index contributed by atoms with van der Waals surface area (Å²) in [4.78, 5) is 16.1. The lowest BCUT2D eigenvalue weighted by Gasteiger charge is -2.29. The number of nitrogens with zero attached hydrogens (tertiary/aromatic N) is 1. The van der Waals surface area contributed by atoms with E-state index >= 15 is 0 Å². The number of pyridine rings is 1. The lowest BCUT2D eigenvalue weighted by molar-refractivity contribution is 0.100. The van der Waals surface area contributed by atoms with E-state index in [-0.39, 0.29) is 12.1 Å². The normalized spacial score (nSPS) is 20.1. The number of hydrogen-bond donors (Lipinski definition) is 4. The highest BCUT2D eigenvalue weighted by Gasteiger charge is 2.22. The summed E-state index contributed by atoms with van der Waals surface area (Å²) in [5, 5.41) is 6.68. The molecule has 2 atom stereocenters. The third-order valence-electron chi connectivity index (χ3n) is 4.62. The van der Waals surface area contributed by atoms with Gasteiger partial charge in [0.1, 0.15) is 5.82 Å². The number of carbonyl (C=O) groups excluding carboxylic acids is 1. The van der Waals surface area contributed by atoms with Crippen LogP contribution in [-0.4, -0.2) is 23.0 Å². The van der Waals surface area contributed by atoms with E-state index < -0.39 is 5.91 Å². The first-order valence-electron chi connectivity index (χ1n) is 8.68. The Balaban J connectivity index is 1.85. The van der Waals surface area contributed by atoms with E-state index in [2.05, 4.69) is 15.6 Å². The minimum absolute atomic E-state index is 0.125. The van der Waals surface area contributed by atoms with Gasteiger partial charge in [-0.1, -0.05) is 25.0 Å². The summed E-state index contributed by atoms with van der Waals surface area (Å²) in [6.07, 6.45) is 5.90. The molecule has 1 saturated carbocycles. The molecular weight excluding hydrogens is 314 g/mol. The van der Waals surface area contributed by atoms with E-state index in [9.17, 15) is 4.79 Å². The zero-order chi connectivity index (χ0) is 17.8. The predicted octanol–water partition coefficient (Wildman–Crippen LogP) is 2.91. The molecular formula is C19H25N5O. The highest BCUT2D eigenvalue weighted by molar-refractivity contribution is 5.99. The quantitative estimate of drug-likeness (QED) is 0.670. The SMILES string of the molecule is Cc1cccc(Nc2cc(N[C@@H]3CCCC[C@@H]3N)ncc2C(N)=O)c1. The van der Waals surface area contributed by atoms with E-state index in [0.717, 1.165) is 24.1 Å². The fourth-order valence-electron chi connectivity index (χ4n) is 3.24. The summed E-state index contributed by atoms with van der Waals surface area (Å²) in [7, 11) is 0. The number of nitrogens with two attached hydrogens (primary N) is 2. The Kier molecular flexibility index (Phi) is 5.19. The summed E-state index contributed by atoms with van der Waals surface area (Å²) in [6.45, 7) is 2.02. The van der Waals surface area contributed by atoms with E-state index in [1.807, 2.05) is 37.3 Å². The number of carbonyl (C=O) groups is 1. The Bertz CT molecular complexity index is 761. The number of primary amides is 1. The van der Waals surface area contributed by atoms with Crippen molar-refractivity contribution in [3.63, 3.8) is 0 Å². The van der Waals surface area contributed by atoms with Crippen LogP contribution in [0.4, 0.5) is 17.2 Å². The number of anilines is 3. The molecule has 1 fully saturated rings. The molecule has 132 valence electrons. The van der Waals surface area contributed by atoms with Crippen LogP contribution in [0.1, 0.15) is 41.6 Å². The van der Waals surface area contributed by atoms with Gasteiger partial charge < -0.3 is 22.1 Å². The van der Waals surface area contributed by atoms with Crippen LogP contribution in [-0.2, 0) is 0 Å². The first-order chi connectivity index (χ1) is 12.0. The molecule has 1 amide bonds. The molecule has 0 spiro atoms. The largest absolute Gasteiger partial charge is 0.366 e. The average molecular weight is 339 g/mol. The topological polar surface area (TPSA) is 106 Å². The molecule has 0 bridgehead atoms. The van der Waals surface area contributed by atoms with E-state index in [4.69, 9.17) is 11.5 Å². The molecule has 0 radical (unpaired) electrons. The molecule has 2 aromatic rings. The summed E-state index contributed by atoms with van der Waals surface area (Å²) in [5.41, 5.74) is 14.7. The summed E-state index contributed by atoms with van der Waals surface area (Å²) >= 11 is 0. The van der Waals surface area contributed by atoms with Crippen molar-refractivity contribution in [2.75, 3.05) is 10.6 Å². The highest BCUT2D eigenvalue weighted by atomic mass is 16.1. The van der Waals surface area contributed by atoms with E-state index in [1.54, 1.807) is 0 Å². The maximum Gasteiger partial charge on any atom is 0.252 e. The maximum atomic E-state index is 11.7. The van der Waals surface area contributed by atoms with Gasteiger partial charge in [-0.25, -0.2) is 4.98 Å². The second-order valence-corrected chi connectivity index (χ2v) is 6.67. The number of aromatic nitrogens is 1. The monoisotopic (exact) mass is 339 g/mol. The van der Waals surface area contributed by atoms with Gasteiger partial charge in [-0.15, -0.1) is 0 Å². The number of aryl methyl sites for hydroxylation is 1. The number of rotatable bonds is 5. The fraction of sp³-hybridized carbons (Fsp3) is 0.368. The van der Waals surface area contributed by atoms with Gasteiger partial charge in [-0.05, 0) is 37.5 Å². The van der Waals surface area contributed by atoms with Crippen molar-refractivity contribution >= 4 is 23.1 Å². The van der Waals surface area contributed by atoms with Crippen molar-refractivity contribution in [2.45, 2.75) is 44.7 Å². The highest BCUT2D eigenvalue weighted by Crippen LogP contribution is 2.26. The molecule has 1 aliphatic carbocycles.